The molecule has 4 aromatic rings. The summed E-state index contributed by atoms with van der Waals surface area (Å²) in [4.78, 5) is 44.0. The van der Waals surface area contributed by atoms with Gasteiger partial charge in [0.1, 0.15) is 6.54 Å². The number of ether oxygens (including phenoxy) is 1. The Labute approximate surface area is 196 Å². The first kappa shape index (κ1) is 23.2. The minimum atomic E-state index is -0.589. The van der Waals surface area contributed by atoms with Crippen molar-refractivity contribution < 1.29 is 9.53 Å². The number of anilines is 1. The third-order valence-corrected chi connectivity index (χ3v) is 5.51. The van der Waals surface area contributed by atoms with Gasteiger partial charge < -0.3 is 14.6 Å². The molecule has 0 saturated carbocycles. The van der Waals surface area contributed by atoms with Gasteiger partial charge in [0.05, 0.1) is 19.5 Å². The highest BCUT2D eigenvalue weighted by atomic mass is 16.5. The van der Waals surface area contributed by atoms with Crippen LogP contribution in [0.2, 0.25) is 0 Å². The first-order chi connectivity index (χ1) is 16.4. The van der Waals surface area contributed by atoms with E-state index >= 15 is 0 Å². The van der Waals surface area contributed by atoms with Crippen LogP contribution in [0.4, 0.5) is 5.69 Å². The molecule has 2 heterocycles. The van der Waals surface area contributed by atoms with Crippen LogP contribution in [0.3, 0.4) is 0 Å². The van der Waals surface area contributed by atoms with Crippen molar-refractivity contribution in [2.24, 2.45) is 0 Å². The molecular weight excluding hydrogens is 434 g/mol. The number of amides is 1. The van der Waals surface area contributed by atoms with E-state index in [-0.39, 0.29) is 17.7 Å². The van der Waals surface area contributed by atoms with Gasteiger partial charge in [-0.2, -0.15) is 0 Å². The maximum absolute atomic E-state index is 13.4. The molecular formula is C25H27N5O4. The molecule has 1 amide bonds. The highest BCUT2D eigenvalue weighted by Crippen LogP contribution is 2.14. The predicted molar refractivity (Wildman–Crippen MR) is 130 cm³/mol. The van der Waals surface area contributed by atoms with E-state index in [2.05, 4.69) is 10.3 Å². The van der Waals surface area contributed by atoms with Crippen LogP contribution in [0, 0.1) is 13.8 Å². The summed E-state index contributed by atoms with van der Waals surface area (Å²) in [5.74, 6) is -0.460. The van der Waals surface area contributed by atoms with E-state index in [1.807, 2.05) is 62.4 Å². The Morgan fingerprint density at radius 1 is 1.03 bits per heavy atom. The molecule has 0 radical (unpaired) electrons. The first-order valence-electron chi connectivity index (χ1n) is 11.0. The van der Waals surface area contributed by atoms with Gasteiger partial charge in [-0.1, -0.05) is 36.4 Å². The number of nitrogens with zero attached hydrogens (tertiary/aromatic N) is 4. The van der Waals surface area contributed by atoms with Crippen molar-refractivity contribution in [2.45, 2.75) is 33.5 Å². The van der Waals surface area contributed by atoms with Crippen molar-refractivity contribution in [3.8, 4) is 0 Å². The van der Waals surface area contributed by atoms with E-state index in [4.69, 9.17) is 4.74 Å². The fraction of sp³-hybridized carbons (Fsp3) is 0.280. The van der Waals surface area contributed by atoms with Gasteiger partial charge >= 0.3 is 5.69 Å². The lowest BCUT2D eigenvalue weighted by atomic mass is 10.1. The summed E-state index contributed by atoms with van der Waals surface area (Å²) in [6, 6.07) is 15.1. The molecule has 2 aromatic carbocycles. The van der Waals surface area contributed by atoms with Crippen molar-refractivity contribution in [2.75, 3.05) is 19.0 Å². The van der Waals surface area contributed by atoms with E-state index in [0.29, 0.717) is 18.8 Å². The second-order valence-corrected chi connectivity index (χ2v) is 8.27. The van der Waals surface area contributed by atoms with E-state index < -0.39 is 23.7 Å². The number of methoxy groups -OCH3 is 1. The molecule has 0 fully saturated rings. The van der Waals surface area contributed by atoms with Gasteiger partial charge in [0, 0.05) is 19.3 Å². The number of aryl methyl sites for hydroxylation is 2. The number of benzene rings is 2. The minimum Gasteiger partial charge on any atom is -0.383 e. The summed E-state index contributed by atoms with van der Waals surface area (Å²) in [5.41, 5.74) is 2.88. The highest BCUT2D eigenvalue weighted by Gasteiger charge is 2.20. The van der Waals surface area contributed by atoms with E-state index in [1.54, 1.807) is 11.7 Å². The number of rotatable bonds is 8. The van der Waals surface area contributed by atoms with Gasteiger partial charge in [0.2, 0.25) is 5.91 Å². The number of aromatic nitrogens is 4. The summed E-state index contributed by atoms with van der Waals surface area (Å²) < 4.78 is 9.19. The molecule has 0 spiro atoms. The largest absolute Gasteiger partial charge is 0.383 e. The van der Waals surface area contributed by atoms with Gasteiger partial charge in [-0.15, -0.1) is 0 Å². The molecule has 176 valence electrons. The van der Waals surface area contributed by atoms with Crippen molar-refractivity contribution in [3.05, 3.63) is 92.4 Å². The van der Waals surface area contributed by atoms with Crippen LogP contribution < -0.4 is 16.6 Å². The summed E-state index contributed by atoms with van der Waals surface area (Å²) in [5, 5.41) is 2.80. The van der Waals surface area contributed by atoms with Crippen LogP contribution in [0.5, 0.6) is 0 Å². The number of fused-ring (bicyclic) bond motifs is 1. The lowest BCUT2D eigenvalue weighted by Crippen LogP contribution is -2.43. The molecule has 1 N–H and O–H groups in total. The summed E-state index contributed by atoms with van der Waals surface area (Å²) in [6.45, 7) is 4.44. The molecule has 2 aromatic heterocycles. The zero-order valence-electron chi connectivity index (χ0n) is 19.4. The number of imidazole rings is 1. The molecule has 9 nitrogen and oxygen atoms in total. The standard InChI is InChI=1S/C25H27N5O4/c1-17-11-18(2)13-20(12-17)27-21(31)15-30-24(32)22-23(26-16-28(22)9-10-34-3)29(25(30)33)14-19-7-5-4-6-8-19/h4-8,11-13,16H,9-10,14-15H2,1-3H3,(H,27,31). The number of hydrogen-bond acceptors (Lipinski definition) is 5. The molecule has 0 aliphatic rings. The van der Waals surface area contributed by atoms with E-state index in [9.17, 15) is 14.4 Å². The SMILES string of the molecule is COCCn1cnc2c1c(=O)n(CC(=O)Nc1cc(C)cc(C)c1)c(=O)n2Cc1ccccc1. The van der Waals surface area contributed by atoms with Crippen LogP contribution in [0.15, 0.2) is 64.4 Å². The third-order valence-electron chi connectivity index (χ3n) is 5.51. The molecule has 0 aliphatic carbocycles. The minimum absolute atomic E-state index is 0.219. The van der Waals surface area contributed by atoms with Crippen molar-refractivity contribution >= 4 is 22.8 Å². The molecule has 0 unspecified atom stereocenters. The molecule has 0 bridgehead atoms. The number of carbonyl (C=O) groups is 1. The Kier molecular flexibility index (Phi) is 6.74. The normalized spacial score (nSPS) is 11.1. The zero-order valence-corrected chi connectivity index (χ0v) is 19.4. The molecule has 0 atom stereocenters. The fourth-order valence-corrected chi connectivity index (χ4v) is 4.04. The second-order valence-electron chi connectivity index (χ2n) is 8.27. The van der Waals surface area contributed by atoms with Gasteiger partial charge in [-0.25, -0.2) is 14.3 Å². The van der Waals surface area contributed by atoms with Gasteiger partial charge in [-0.3, -0.25) is 14.2 Å². The van der Waals surface area contributed by atoms with Gasteiger partial charge in [0.25, 0.3) is 5.56 Å². The Morgan fingerprint density at radius 2 is 1.74 bits per heavy atom. The molecule has 0 saturated heterocycles. The fourth-order valence-electron chi connectivity index (χ4n) is 4.04. The quantitative estimate of drug-likeness (QED) is 0.434. The van der Waals surface area contributed by atoms with Crippen LogP contribution >= 0.6 is 0 Å². The first-order valence-corrected chi connectivity index (χ1v) is 11.0. The second kappa shape index (κ2) is 9.88. The highest BCUT2D eigenvalue weighted by molar-refractivity contribution is 5.90. The lowest BCUT2D eigenvalue weighted by molar-refractivity contribution is -0.116. The third kappa shape index (κ3) is 4.84. The maximum atomic E-state index is 13.4. The van der Waals surface area contributed by atoms with E-state index in [1.165, 1.54) is 10.9 Å². The van der Waals surface area contributed by atoms with Crippen LogP contribution in [-0.2, 0) is 29.2 Å². The zero-order chi connectivity index (χ0) is 24.2. The average Bonchev–Trinajstić information content (AvgIpc) is 3.22. The molecule has 9 heteroatoms. The van der Waals surface area contributed by atoms with Gasteiger partial charge in [0.15, 0.2) is 11.2 Å². The Morgan fingerprint density at radius 3 is 2.41 bits per heavy atom. The Hall–Kier alpha value is -3.98. The molecule has 34 heavy (non-hydrogen) atoms. The smallest absolute Gasteiger partial charge is 0.333 e. The van der Waals surface area contributed by atoms with Crippen molar-refractivity contribution in [1.29, 1.82) is 0 Å². The lowest BCUT2D eigenvalue weighted by Gasteiger charge is -2.13. The number of carbonyl (C=O) groups excluding carboxylic acids is 1. The van der Waals surface area contributed by atoms with E-state index in [0.717, 1.165) is 21.3 Å². The Bertz CT molecular complexity index is 1430. The van der Waals surface area contributed by atoms with Crippen LogP contribution in [0.1, 0.15) is 16.7 Å². The topological polar surface area (TPSA) is 100 Å². The van der Waals surface area contributed by atoms with Crippen LogP contribution in [-0.4, -0.2) is 38.3 Å². The summed E-state index contributed by atoms with van der Waals surface area (Å²) >= 11 is 0. The Balaban J connectivity index is 1.77. The average molecular weight is 462 g/mol. The number of nitrogens with one attached hydrogen (secondary N) is 1. The predicted octanol–water partition coefficient (Wildman–Crippen LogP) is 2.31. The van der Waals surface area contributed by atoms with Crippen LogP contribution in [0.25, 0.3) is 11.2 Å². The monoisotopic (exact) mass is 461 g/mol. The summed E-state index contributed by atoms with van der Waals surface area (Å²) in [6.07, 6.45) is 1.52. The van der Waals surface area contributed by atoms with Gasteiger partial charge in [-0.05, 0) is 42.7 Å². The maximum Gasteiger partial charge on any atom is 0.333 e. The van der Waals surface area contributed by atoms with Crippen molar-refractivity contribution in [1.82, 2.24) is 18.7 Å². The molecule has 4 rings (SSSR count). The number of hydrogen-bond donors (Lipinski definition) is 1. The van der Waals surface area contributed by atoms with Crippen molar-refractivity contribution in [3.63, 3.8) is 0 Å². The summed E-state index contributed by atoms with van der Waals surface area (Å²) in [7, 11) is 1.57. The molecule has 0 aliphatic heterocycles.